The van der Waals surface area contributed by atoms with Gasteiger partial charge in [0.1, 0.15) is 16.9 Å². The summed E-state index contributed by atoms with van der Waals surface area (Å²) in [5.41, 5.74) is 2.54. The molecule has 39 heavy (non-hydrogen) atoms. The lowest BCUT2D eigenvalue weighted by Gasteiger charge is -2.13. The fourth-order valence-corrected chi connectivity index (χ4v) is 4.52. The van der Waals surface area contributed by atoms with Gasteiger partial charge in [-0.25, -0.2) is 9.59 Å². The van der Waals surface area contributed by atoms with E-state index in [9.17, 15) is 14.4 Å². The Hall–Kier alpha value is -5.43. The number of rotatable bonds is 5. The monoisotopic (exact) mass is 515 g/mol. The van der Waals surface area contributed by atoms with Gasteiger partial charge in [-0.3, -0.25) is 4.79 Å². The third-order valence-corrected chi connectivity index (χ3v) is 6.48. The number of hydrogen-bond donors (Lipinski definition) is 1. The van der Waals surface area contributed by atoms with Crippen LogP contribution >= 0.6 is 0 Å². The first-order chi connectivity index (χ1) is 19.0. The lowest BCUT2D eigenvalue weighted by molar-refractivity contribution is 0.102. The second-order valence-electron chi connectivity index (χ2n) is 8.92. The van der Waals surface area contributed by atoms with Crippen molar-refractivity contribution in [1.82, 2.24) is 0 Å². The second-order valence-corrected chi connectivity index (χ2v) is 8.92. The molecule has 1 N–H and O–H groups in total. The highest BCUT2D eigenvalue weighted by molar-refractivity contribution is 6.06. The molecule has 0 saturated carbocycles. The smallest absolute Gasteiger partial charge is 0.344 e. The molecule has 2 heterocycles. The Morgan fingerprint density at radius 3 is 1.87 bits per heavy atom. The summed E-state index contributed by atoms with van der Waals surface area (Å²) in [6, 6.07) is 29.8. The standard InChI is InChI=1S/C32H21NO6/c1-37-29-14-13-20(25-17-22-8-3-5-12-28(22)39-32(25)36)18-26(29)33-30(34)23-10-6-9-19(15-23)24-16-21-7-2-4-11-27(21)38-31(24)35/h2-18H,1H3,(H,33,34). The number of methoxy groups -OCH3 is 1. The van der Waals surface area contributed by atoms with E-state index in [1.807, 2.05) is 24.3 Å². The molecule has 0 radical (unpaired) electrons. The number of ether oxygens (including phenoxy) is 1. The average Bonchev–Trinajstić information content (AvgIpc) is 2.96. The van der Waals surface area contributed by atoms with E-state index in [0.29, 0.717) is 50.4 Å². The second kappa shape index (κ2) is 9.79. The number of benzene rings is 4. The normalized spacial score (nSPS) is 11.0. The SMILES string of the molecule is COc1ccc(-c2cc3ccccc3oc2=O)cc1NC(=O)c1cccc(-c2cc3ccccc3oc2=O)c1. The zero-order valence-electron chi connectivity index (χ0n) is 20.8. The van der Waals surface area contributed by atoms with Crippen LogP contribution in [0.25, 0.3) is 44.2 Å². The summed E-state index contributed by atoms with van der Waals surface area (Å²) in [6.07, 6.45) is 0. The molecule has 7 heteroatoms. The molecule has 0 fully saturated rings. The van der Waals surface area contributed by atoms with Crippen LogP contribution in [-0.2, 0) is 0 Å². The van der Waals surface area contributed by atoms with E-state index in [0.717, 1.165) is 10.8 Å². The molecule has 190 valence electrons. The quantitative estimate of drug-likeness (QED) is 0.263. The van der Waals surface area contributed by atoms with Crippen molar-refractivity contribution in [3.05, 3.63) is 130 Å². The highest BCUT2D eigenvalue weighted by atomic mass is 16.5. The molecular formula is C32H21NO6. The van der Waals surface area contributed by atoms with Gasteiger partial charge in [0.2, 0.25) is 0 Å². The van der Waals surface area contributed by atoms with Gasteiger partial charge in [-0.1, -0.05) is 54.6 Å². The van der Waals surface area contributed by atoms with Gasteiger partial charge in [0.25, 0.3) is 5.91 Å². The van der Waals surface area contributed by atoms with E-state index in [-0.39, 0.29) is 0 Å². The number of carbonyl (C=O) groups excluding carboxylic acids is 1. The van der Waals surface area contributed by atoms with Crippen molar-refractivity contribution in [3.63, 3.8) is 0 Å². The average molecular weight is 516 g/mol. The Morgan fingerprint density at radius 2 is 1.26 bits per heavy atom. The topological polar surface area (TPSA) is 98.8 Å². The first kappa shape index (κ1) is 23.9. The van der Waals surface area contributed by atoms with E-state index in [1.165, 1.54) is 7.11 Å². The third kappa shape index (κ3) is 4.57. The summed E-state index contributed by atoms with van der Waals surface area (Å²) in [5.74, 6) is 0.00614. The van der Waals surface area contributed by atoms with E-state index in [2.05, 4.69) is 5.32 Å². The highest BCUT2D eigenvalue weighted by Crippen LogP contribution is 2.31. The van der Waals surface area contributed by atoms with Crippen LogP contribution in [0.3, 0.4) is 0 Å². The van der Waals surface area contributed by atoms with Gasteiger partial charge in [0.15, 0.2) is 0 Å². The van der Waals surface area contributed by atoms with Crippen LogP contribution in [0.15, 0.2) is 122 Å². The summed E-state index contributed by atoms with van der Waals surface area (Å²) >= 11 is 0. The molecule has 0 bridgehead atoms. The van der Waals surface area contributed by atoms with E-state index < -0.39 is 17.2 Å². The zero-order valence-corrected chi connectivity index (χ0v) is 20.8. The van der Waals surface area contributed by atoms with Gasteiger partial charge in [-0.15, -0.1) is 0 Å². The van der Waals surface area contributed by atoms with Crippen molar-refractivity contribution in [1.29, 1.82) is 0 Å². The maximum Gasteiger partial charge on any atom is 0.344 e. The van der Waals surface area contributed by atoms with Crippen molar-refractivity contribution >= 4 is 33.5 Å². The minimum atomic E-state index is -0.491. The Balaban J connectivity index is 1.34. The molecule has 0 aliphatic heterocycles. The molecule has 6 aromatic rings. The molecule has 0 aliphatic carbocycles. The Labute approximate surface area is 221 Å². The number of amides is 1. The van der Waals surface area contributed by atoms with Crippen molar-refractivity contribution in [2.75, 3.05) is 12.4 Å². The molecule has 0 unspecified atom stereocenters. The van der Waals surface area contributed by atoms with Gasteiger partial charge >= 0.3 is 11.3 Å². The highest BCUT2D eigenvalue weighted by Gasteiger charge is 2.16. The minimum absolute atomic E-state index is 0.331. The molecule has 0 spiro atoms. The molecule has 6 rings (SSSR count). The van der Waals surface area contributed by atoms with Crippen LogP contribution in [0.2, 0.25) is 0 Å². The van der Waals surface area contributed by atoms with Gasteiger partial charge < -0.3 is 18.9 Å². The fourth-order valence-electron chi connectivity index (χ4n) is 4.52. The molecule has 0 atom stereocenters. The van der Waals surface area contributed by atoms with Crippen LogP contribution < -0.4 is 21.3 Å². The predicted octanol–water partition coefficient (Wildman–Crippen LogP) is 6.49. The fraction of sp³-hybridized carbons (Fsp3) is 0.0312. The molecule has 7 nitrogen and oxygen atoms in total. The summed E-state index contributed by atoms with van der Waals surface area (Å²) < 4.78 is 16.4. The maximum absolute atomic E-state index is 13.3. The molecule has 0 aliphatic rings. The lowest BCUT2D eigenvalue weighted by atomic mass is 10.0. The maximum atomic E-state index is 13.3. The van der Waals surface area contributed by atoms with Gasteiger partial charge in [-0.05, 0) is 59.7 Å². The Bertz CT molecular complexity index is 2000. The summed E-state index contributed by atoms with van der Waals surface area (Å²) in [4.78, 5) is 38.7. The number of nitrogens with one attached hydrogen (secondary N) is 1. The number of fused-ring (bicyclic) bond motifs is 2. The van der Waals surface area contributed by atoms with E-state index in [1.54, 1.807) is 78.9 Å². The molecule has 1 amide bonds. The molecular weight excluding hydrogens is 494 g/mol. The largest absolute Gasteiger partial charge is 0.495 e. The Morgan fingerprint density at radius 1 is 0.667 bits per heavy atom. The van der Waals surface area contributed by atoms with E-state index >= 15 is 0 Å². The number of para-hydroxylation sites is 2. The zero-order chi connectivity index (χ0) is 26.9. The minimum Gasteiger partial charge on any atom is -0.495 e. The number of carbonyl (C=O) groups is 1. The molecule has 0 saturated heterocycles. The van der Waals surface area contributed by atoms with Crippen LogP contribution in [0.4, 0.5) is 5.69 Å². The van der Waals surface area contributed by atoms with Crippen molar-refractivity contribution in [3.8, 4) is 28.0 Å². The Kier molecular flexibility index (Phi) is 6.01. The number of hydrogen-bond acceptors (Lipinski definition) is 6. The van der Waals surface area contributed by atoms with Crippen LogP contribution in [-0.4, -0.2) is 13.0 Å². The first-order valence-corrected chi connectivity index (χ1v) is 12.2. The molecule has 4 aromatic carbocycles. The van der Waals surface area contributed by atoms with Crippen molar-refractivity contribution in [2.45, 2.75) is 0 Å². The third-order valence-electron chi connectivity index (χ3n) is 6.48. The first-order valence-electron chi connectivity index (χ1n) is 12.2. The van der Waals surface area contributed by atoms with Gasteiger partial charge in [-0.2, -0.15) is 0 Å². The van der Waals surface area contributed by atoms with Crippen LogP contribution in [0, 0.1) is 0 Å². The summed E-state index contributed by atoms with van der Waals surface area (Å²) in [5, 5.41) is 4.43. The van der Waals surface area contributed by atoms with Gasteiger partial charge in [0.05, 0.1) is 23.9 Å². The van der Waals surface area contributed by atoms with E-state index in [4.69, 9.17) is 13.6 Å². The van der Waals surface area contributed by atoms with Crippen molar-refractivity contribution in [2.24, 2.45) is 0 Å². The van der Waals surface area contributed by atoms with Crippen LogP contribution in [0.1, 0.15) is 10.4 Å². The molecule has 2 aromatic heterocycles. The predicted molar refractivity (Wildman–Crippen MR) is 150 cm³/mol. The van der Waals surface area contributed by atoms with Crippen molar-refractivity contribution < 1.29 is 18.4 Å². The number of anilines is 1. The van der Waals surface area contributed by atoms with Gasteiger partial charge in [0, 0.05) is 16.3 Å². The summed E-state index contributed by atoms with van der Waals surface area (Å²) in [6.45, 7) is 0. The lowest BCUT2D eigenvalue weighted by Crippen LogP contribution is -2.13. The summed E-state index contributed by atoms with van der Waals surface area (Å²) in [7, 11) is 1.49. The van der Waals surface area contributed by atoms with Crippen LogP contribution in [0.5, 0.6) is 5.75 Å².